The molecule has 6 heteroatoms. The molecule has 0 atom stereocenters. The molecule has 3 N–H and O–H groups in total. The number of hydrogen-bond acceptors (Lipinski definition) is 3. The number of hydrogen-bond donors (Lipinski definition) is 2. The lowest BCUT2D eigenvalue weighted by Gasteiger charge is -2.06. The molecule has 0 aromatic carbocycles. The fourth-order valence-electron chi connectivity index (χ4n) is 1.15. The number of carbonyl (C=O) groups excluding carboxylic acids is 2. The minimum Gasteiger partial charge on any atom is -0.366 e. The van der Waals surface area contributed by atoms with Gasteiger partial charge in [-0.2, -0.15) is 0 Å². The Morgan fingerprint density at radius 2 is 2.19 bits per heavy atom. The molecular formula is C10H12IN3O2. The lowest BCUT2D eigenvalue weighted by atomic mass is 10.1. The number of primary amides is 1. The summed E-state index contributed by atoms with van der Waals surface area (Å²) in [6.07, 6.45) is 3.67. The highest BCUT2D eigenvalue weighted by molar-refractivity contribution is 14.1. The van der Waals surface area contributed by atoms with Crippen molar-refractivity contribution in [2.45, 2.75) is 6.42 Å². The molecule has 0 saturated carbocycles. The van der Waals surface area contributed by atoms with E-state index in [1.54, 1.807) is 0 Å². The number of rotatable bonds is 5. The van der Waals surface area contributed by atoms with Crippen LogP contribution in [0.5, 0.6) is 0 Å². The molecule has 0 aliphatic carbocycles. The third-order valence-electron chi connectivity index (χ3n) is 1.93. The highest BCUT2D eigenvalue weighted by Crippen LogP contribution is 2.05. The van der Waals surface area contributed by atoms with E-state index >= 15 is 0 Å². The normalized spacial score (nSPS) is 9.81. The molecule has 2 amide bonds. The van der Waals surface area contributed by atoms with Gasteiger partial charge in [-0.05, 0) is 12.5 Å². The van der Waals surface area contributed by atoms with Crippen LogP contribution in [0.4, 0.5) is 0 Å². The summed E-state index contributed by atoms with van der Waals surface area (Å²) in [4.78, 5) is 26.6. The van der Waals surface area contributed by atoms with Gasteiger partial charge in [0.05, 0.1) is 11.1 Å². The van der Waals surface area contributed by atoms with Gasteiger partial charge >= 0.3 is 0 Å². The molecule has 86 valence electrons. The summed E-state index contributed by atoms with van der Waals surface area (Å²) in [5.74, 6) is -0.937. The Morgan fingerprint density at radius 1 is 1.44 bits per heavy atom. The molecule has 0 aliphatic heterocycles. The van der Waals surface area contributed by atoms with Crippen molar-refractivity contribution >= 4 is 34.4 Å². The summed E-state index contributed by atoms with van der Waals surface area (Å²) in [5, 5.41) is 2.70. The van der Waals surface area contributed by atoms with Gasteiger partial charge in [-0.1, -0.05) is 22.6 Å². The lowest BCUT2D eigenvalue weighted by molar-refractivity contribution is 0.0936. The van der Waals surface area contributed by atoms with Crippen LogP contribution >= 0.6 is 22.6 Å². The molecule has 0 spiro atoms. The van der Waals surface area contributed by atoms with Gasteiger partial charge in [0.25, 0.3) is 5.91 Å². The van der Waals surface area contributed by atoms with Crippen molar-refractivity contribution in [3.63, 3.8) is 0 Å². The van der Waals surface area contributed by atoms with Crippen LogP contribution in [0.1, 0.15) is 27.1 Å². The van der Waals surface area contributed by atoms with Crippen molar-refractivity contribution in [1.82, 2.24) is 10.3 Å². The Balaban J connectivity index is 2.78. The molecule has 1 rings (SSSR count). The van der Waals surface area contributed by atoms with Crippen molar-refractivity contribution in [2.24, 2.45) is 5.73 Å². The van der Waals surface area contributed by atoms with Crippen LogP contribution in [0.3, 0.4) is 0 Å². The van der Waals surface area contributed by atoms with Gasteiger partial charge in [-0.25, -0.2) is 0 Å². The second-order valence-corrected chi connectivity index (χ2v) is 4.16. The van der Waals surface area contributed by atoms with E-state index in [0.29, 0.717) is 6.54 Å². The SMILES string of the molecule is NC(=O)c1ccncc1C(=O)NCCCI. The number of nitrogens with one attached hydrogen (secondary N) is 1. The van der Waals surface area contributed by atoms with Crippen LogP contribution in [0.15, 0.2) is 18.5 Å². The Morgan fingerprint density at radius 3 is 2.81 bits per heavy atom. The number of alkyl halides is 1. The second kappa shape index (κ2) is 6.41. The van der Waals surface area contributed by atoms with Crippen molar-refractivity contribution < 1.29 is 9.59 Å². The second-order valence-electron chi connectivity index (χ2n) is 3.08. The van der Waals surface area contributed by atoms with Crippen LogP contribution in [0, 0.1) is 0 Å². The maximum atomic E-state index is 11.7. The van der Waals surface area contributed by atoms with E-state index < -0.39 is 5.91 Å². The molecule has 5 nitrogen and oxygen atoms in total. The van der Waals surface area contributed by atoms with Crippen LogP contribution < -0.4 is 11.1 Å². The topological polar surface area (TPSA) is 85.1 Å². The van der Waals surface area contributed by atoms with Crippen LogP contribution in [0.2, 0.25) is 0 Å². The van der Waals surface area contributed by atoms with Gasteiger partial charge in [-0.15, -0.1) is 0 Å². The van der Waals surface area contributed by atoms with E-state index in [2.05, 4.69) is 32.9 Å². The molecular weight excluding hydrogens is 321 g/mol. The predicted molar refractivity (Wildman–Crippen MR) is 68.6 cm³/mol. The van der Waals surface area contributed by atoms with Crippen LogP contribution in [0.25, 0.3) is 0 Å². The van der Waals surface area contributed by atoms with Crippen LogP contribution in [-0.2, 0) is 0 Å². The van der Waals surface area contributed by atoms with Crippen molar-refractivity contribution in [3.8, 4) is 0 Å². The first-order valence-corrected chi connectivity index (χ1v) is 6.27. The largest absolute Gasteiger partial charge is 0.366 e. The third kappa shape index (κ3) is 3.44. The van der Waals surface area contributed by atoms with Gasteiger partial charge in [0.15, 0.2) is 0 Å². The lowest BCUT2D eigenvalue weighted by Crippen LogP contribution is -2.28. The van der Waals surface area contributed by atoms with Gasteiger partial charge in [0.2, 0.25) is 5.91 Å². The van der Waals surface area contributed by atoms with E-state index in [1.807, 2.05) is 0 Å². The summed E-state index contributed by atoms with van der Waals surface area (Å²) in [7, 11) is 0. The number of amides is 2. The molecule has 0 unspecified atom stereocenters. The standard InChI is InChI=1S/C10H12IN3O2/c11-3-1-4-14-10(16)8-6-13-5-2-7(8)9(12)15/h2,5-6H,1,3-4H2,(H2,12,15)(H,14,16). The molecule has 0 aliphatic rings. The first kappa shape index (κ1) is 12.9. The van der Waals surface area contributed by atoms with Crippen molar-refractivity contribution in [3.05, 3.63) is 29.6 Å². The average Bonchev–Trinajstić information content (AvgIpc) is 2.29. The molecule has 0 radical (unpaired) electrons. The fourth-order valence-corrected chi connectivity index (χ4v) is 1.54. The zero-order chi connectivity index (χ0) is 12.0. The maximum Gasteiger partial charge on any atom is 0.253 e. The summed E-state index contributed by atoms with van der Waals surface area (Å²) in [5.41, 5.74) is 5.58. The van der Waals surface area contributed by atoms with Gasteiger partial charge in [0.1, 0.15) is 0 Å². The summed E-state index contributed by atoms with van der Waals surface area (Å²) < 4.78 is 0.966. The Hall–Kier alpha value is -1.18. The zero-order valence-corrected chi connectivity index (χ0v) is 10.7. The Bertz CT molecular complexity index is 395. The monoisotopic (exact) mass is 333 g/mol. The van der Waals surface area contributed by atoms with E-state index in [0.717, 1.165) is 10.8 Å². The minimum atomic E-state index is -0.624. The minimum absolute atomic E-state index is 0.196. The molecule has 1 aromatic rings. The molecule has 1 aromatic heterocycles. The average molecular weight is 333 g/mol. The quantitative estimate of drug-likeness (QED) is 0.473. The summed E-state index contributed by atoms with van der Waals surface area (Å²) in [6, 6.07) is 1.44. The fraction of sp³-hybridized carbons (Fsp3) is 0.300. The van der Waals surface area contributed by atoms with Gasteiger partial charge in [0, 0.05) is 23.4 Å². The smallest absolute Gasteiger partial charge is 0.253 e. The third-order valence-corrected chi connectivity index (χ3v) is 2.69. The van der Waals surface area contributed by atoms with Crippen molar-refractivity contribution in [2.75, 3.05) is 11.0 Å². The van der Waals surface area contributed by atoms with Gasteiger partial charge < -0.3 is 11.1 Å². The Labute approximate surface area is 107 Å². The maximum absolute atomic E-state index is 11.7. The molecule has 0 fully saturated rings. The first-order chi connectivity index (χ1) is 7.66. The van der Waals surface area contributed by atoms with Crippen molar-refractivity contribution in [1.29, 1.82) is 0 Å². The highest BCUT2D eigenvalue weighted by Gasteiger charge is 2.14. The number of nitrogens with two attached hydrogens (primary N) is 1. The zero-order valence-electron chi connectivity index (χ0n) is 8.57. The molecule has 16 heavy (non-hydrogen) atoms. The van der Waals surface area contributed by atoms with E-state index in [1.165, 1.54) is 18.5 Å². The number of aromatic nitrogens is 1. The predicted octanol–water partition coefficient (Wildman–Crippen LogP) is 0.735. The molecule has 0 saturated heterocycles. The number of nitrogens with zero attached hydrogens (tertiary/aromatic N) is 1. The van der Waals surface area contributed by atoms with Crippen LogP contribution in [-0.4, -0.2) is 27.8 Å². The van der Waals surface area contributed by atoms with E-state index in [-0.39, 0.29) is 17.0 Å². The number of halogens is 1. The van der Waals surface area contributed by atoms with E-state index in [9.17, 15) is 9.59 Å². The first-order valence-electron chi connectivity index (χ1n) is 4.74. The summed E-state index contributed by atoms with van der Waals surface area (Å²) in [6.45, 7) is 0.578. The Kier molecular flexibility index (Phi) is 5.17. The summed E-state index contributed by atoms with van der Waals surface area (Å²) >= 11 is 2.23. The number of carbonyl (C=O) groups is 2. The van der Waals surface area contributed by atoms with Gasteiger partial charge in [-0.3, -0.25) is 14.6 Å². The van der Waals surface area contributed by atoms with E-state index in [4.69, 9.17) is 5.73 Å². The highest BCUT2D eigenvalue weighted by atomic mass is 127. The molecule has 0 bridgehead atoms. The number of pyridine rings is 1. The molecule has 1 heterocycles.